The standard InChI is InChI=1S/C25H35N3O4/c1-16(2)9-10-19-11-21-23(26-12-19)32-22(14-27(5)24(30)20-7-6-8-20)17(3)13-28(25(21)31)18(4)15-29/h11-12,16-18,20,22,29H,6-8,13-15H2,1-5H3/t17-,18+,22+/m1/s1. The third-order valence-electron chi connectivity index (χ3n) is 6.31. The third kappa shape index (κ3) is 5.42. The van der Waals surface area contributed by atoms with E-state index in [1.165, 1.54) is 0 Å². The molecule has 7 heteroatoms. The number of amides is 2. The first-order valence-electron chi connectivity index (χ1n) is 11.6. The lowest BCUT2D eigenvalue weighted by molar-refractivity contribution is -0.138. The molecule has 0 unspecified atom stereocenters. The average Bonchev–Trinajstić information content (AvgIpc) is 2.72. The molecule has 1 fully saturated rings. The molecule has 2 amide bonds. The minimum Gasteiger partial charge on any atom is -0.472 e. The van der Waals surface area contributed by atoms with Crippen molar-refractivity contribution in [3.8, 4) is 17.7 Å². The lowest BCUT2D eigenvalue weighted by Gasteiger charge is -2.38. The van der Waals surface area contributed by atoms with Gasteiger partial charge in [-0.25, -0.2) is 4.98 Å². The van der Waals surface area contributed by atoms with Crippen LogP contribution in [0.3, 0.4) is 0 Å². The first kappa shape index (κ1) is 24.1. The zero-order valence-electron chi connectivity index (χ0n) is 19.8. The van der Waals surface area contributed by atoms with E-state index in [1.807, 2.05) is 34.7 Å². The van der Waals surface area contributed by atoms with Crippen molar-refractivity contribution in [2.45, 2.75) is 59.1 Å². The SMILES string of the molecule is CC(C)C#Cc1cnc2c(c1)C(=O)N([C@@H](C)CO)C[C@@H](C)[C@H](CN(C)C(=O)C1CCC1)O2. The van der Waals surface area contributed by atoms with E-state index in [9.17, 15) is 14.7 Å². The van der Waals surface area contributed by atoms with Crippen LogP contribution < -0.4 is 4.74 Å². The molecular weight excluding hydrogens is 406 g/mol. The molecule has 7 nitrogen and oxygen atoms in total. The maximum Gasteiger partial charge on any atom is 0.259 e. The van der Waals surface area contributed by atoms with Crippen LogP contribution in [0, 0.1) is 29.6 Å². The van der Waals surface area contributed by atoms with Gasteiger partial charge in [0.05, 0.1) is 19.2 Å². The molecule has 32 heavy (non-hydrogen) atoms. The summed E-state index contributed by atoms with van der Waals surface area (Å²) in [5.41, 5.74) is 0.985. The predicted molar refractivity (Wildman–Crippen MR) is 122 cm³/mol. The maximum absolute atomic E-state index is 13.4. The largest absolute Gasteiger partial charge is 0.472 e. The van der Waals surface area contributed by atoms with Crippen LogP contribution in [0.1, 0.15) is 62.9 Å². The lowest BCUT2D eigenvalue weighted by Crippen LogP contribution is -2.51. The van der Waals surface area contributed by atoms with Crippen LogP contribution >= 0.6 is 0 Å². The number of hydrogen-bond acceptors (Lipinski definition) is 5. The average molecular weight is 442 g/mol. The monoisotopic (exact) mass is 441 g/mol. The Balaban J connectivity index is 1.93. The zero-order chi connectivity index (χ0) is 23.4. The van der Waals surface area contributed by atoms with Gasteiger partial charge in [0.2, 0.25) is 11.8 Å². The number of carbonyl (C=O) groups is 2. The normalized spacial score (nSPS) is 22.0. The van der Waals surface area contributed by atoms with Crippen molar-refractivity contribution in [1.82, 2.24) is 14.8 Å². The summed E-state index contributed by atoms with van der Waals surface area (Å²) < 4.78 is 6.25. The molecule has 0 bridgehead atoms. The van der Waals surface area contributed by atoms with Gasteiger partial charge in [-0.15, -0.1) is 0 Å². The van der Waals surface area contributed by atoms with Gasteiger partial charge < -0.3 is 19.6 Å². The van der Waals surface area contributed by atoms with E-state index in [0.29, 0.717) is 24.2 Å². The quantitative estimate of drug-likeness (QED) is 0.710. The first-order chi connectivity index (χ1) is 15.2. The fourth-order valence-corrected chi connectivity index (χ4v) is 3.94. The summed E-state index contributed by atoms with van der Waals surface area (Å²) >= 11 is 0. The number of carbonyl (C=O) groups excluding carboxylic acids is 2. The highest BCUT2D eigenvalue weighted by molar-refractivity contribution is 5.97. The van der Waals surface area contributed by atoms with Crippen LogP contribution in [-0.2, 0) is 4.79 Å². The van der Waals surface area contributed by atoms with Crippen molar-refractivity contribution < 1.29 is 19.4 Å². The molecule has 0 radical (unpaired) electrons. The number of likely N-dealkylation sites (N-methyl/N-ethyl adjacent to an activating group) is 1. The summed E-state index contributed by atoms with van der Waals surface area (Å²) in [6, 6.07) is 1.37. The lowest BCUT2D eigenvalue weighted by atomic mass is 9.84. The minimum absolute atomic E-state index is 0.0556. The highest BCUT2D eigenvalue weighted by Gasteiger charge is 2.36. The van der Waals surface area contributed by atoms with Gasteiger partial charge >= 0.3 is 0 Å². The number of hydrogen-bond donors (Lipinski definition) is 1. The van der Waals surface area contributed by atoms with Crippen LogP contribution in [-0.4, -0.2) is 70.6 Å². The highest BCUT2D eigenvalue weighted by Crippen LogP contribution is 2.30. The molecule has 0 aromatic carbocycles. The van der Waals surface area contributed by atoms with Gasteiger partial charge in [-0.3, -0.25) is 9.59 Å². The molecule has 3 atom stereocenters. The van der Waals surface area contributed by atoms with E-state index in [0.717, 1.165) is 19.3 Å². The summed E-state index contributed by atoms with van der Waals surface area (Å²) in [6.45, 7) is 8.52. The molecule has 1 aliphatic heterocycles. The Morgan fingerprint density at radius 2 is 2.09 bits per heavy atom. The van der Waals surface area contributed by atoms with Gasteiger partial charge in [0, 0.05) is 43.1 Å². The Morgan fingerprint density at radius 3 is 2.69 bits per heavy atom. The van der Waals surface area contributed by atoms with Crippen LogP contribution in [0.25, 0.3) is 0 Å². The molecule has 1 saturated carbocycles. The second-order valence-electron chi connectivity index (χ2n) is 9.47. The molecule has 1 N–H and O–H groups in total. The summed E-state index contributed by atoms with van der Waals surface area (Å²) in [6.07, 6.45) is 4.30. The minimum atomic E-state index is -0.351. The Kier molecular flexibility index (Phi) is 7.78. The summed E-state index contributed by atoms with van der Waals surface area (Å²) in [4.78, 5) is 33.9. The fraction of sp³-hybridized carbons (Fsp3) is 0.640. The molecule has 0 saturated heterocycles. The number of fused-ring (bicyclic) bond motifs is 1. The smallest absolute Gasteiger partial charge is 0.259 e. The van der Waals surface area contributed by atoms with Crippen LogP contribution in [0.4, 0.5) is 0 Å². The van der Waals surface area contributed by atoms with Gasteiger partial charge in [-0.1, -0.05) is 39.0 Å². The highest BCUT2D eigenvalue weighted by atomic mass is 16.5. The number of pyridine rings is 1. The van der Waals surface area contributed by atoms with Crippen molar-refractivity contribution >= 4 is 11.8 Å². The van der Waals surface area contributed by atoms with E-state index in [2.05, 4.69) is 16.8 Å². The second kappa shape index (κ2) is 10.4. The molecule has 1 aromatic heterocycles. The fourth-order valence-electron chi connectivity index (χ4n) is 3.94. The Hall–Kier alpha value is -2.59. The molecule has 3 rings (SSSR count). The van der Waals surface area contributed by atoms with Gasteiger partial charge in [0.1, 0.15) is 11.7 Å². The van der Waals surface area contributed by atoms with E-state index >= 15 is 0 Å². The van der Waals surface area contributed by atoms with Crippen molar-refractivity contribution in [2.24, 2.45) is 17.8 Å². The molecule has 1 aliphatic carbocycles. The summed E-state index contributed by atoms with van der Waals surface area (Å²) in [5, 5.41) is 9.76. The maximum atomic E-state index is 13.4. The number of ether oxygens (including phenoxy) is 1. The number of aliphatic hydroxyl groups is 1. The second-order valence-corrected chi connectivity index (χ2v) is 9.47. The van der Waals surface area contributed by atoms with E-state index in [-0.39, 0.29) is 54.2 Å². The van der Waals surface area contributed by atoms with Gasteiger partial charge in [0.15, 0.2) is 0 Å². The molecule has 2 aliphatic rings. The number of aliphatic hydroxyl groups excluding tert-OH is 1. The molecule has 1 aromatic rings. The summed E-state index contributed by atoms with van der Waals surface area (Å²) in [5.74, 6) is 6.58. The topological polar surface area (TPSA) is 83.0 Å². The van der Waals surface area contributed by atoms with E-state index in [1.54, 1.807) is 22.1 Å². The van der Waals surface area contributed by atoms with Gasteiger partial charge in [-0.2, -0.15) is 0 Å². The molecule has 2 heterocycles. The van der Waals surface area contributed by atoms with Crippen molar-refractivity contribution in [2.75, 3.05) is 26.7 Å². The number of rotatable bonds is 5. The molecule has 174 valence electrons. The third-order valence-corrected chi connectivity index (χ3v) is 6.31. The Labute approximate surface area is 191 Å². The summed E-state index contributed by atoms with van der Waals surface area (Å²) in [7, 11) is 1.81. The molecule has 0 spiro atoms. The van der Waals surface area contributed by atoms with Crippen molar-refractivity contribution in [1.29, 1.82) is 0 Å². The first-order valence-corrected chi connectivity index (χ1v) is 11.6. The Morgan fingerprint density at radius 1 is 1.38 bits per heavy atom. The predicted octanol–water partition coefficient (Wildman–Crippen LogP) is 2.57. The van der Waals surface area contributed by atoms with E-state index in [4.69, 9.17) is 4.74 Å². The van der Waals surface area contributed by atoms with Crippen molar-refractivity contribution in [3.05, 3.63) is 23.4 Å². The zero-order valence-corrected chi connectivity index (χ0v) is 19.8. The molecular formula is C25H35N3O4. The van der Waals surface area contributed by atoms with Gasteiger partial charge in [-0.05, 0) is 25.8 Å². The number of nitrogens with zero attached hydrogens (tertiary/aromatic N) is 3. The van der Waals surface area contributed by atoms with Crippen molar-refractivity contribution in [3.63, 3.8) is 0 Å². The van der Waals surface area contributed by atoms with Crippen LogP contribution in [0.2, 0.25) is 0 Å². The van der Waals surface area contributed by atoms with Crippen LogP contribution in [0.5, 0.6) is 5.88 Å². The van der Waals surface area contributed by atoms with Crippen LogP contribution in [0.15, 0.2) is 12.3 Å². The number of aromatic nitrogens is 1. The van der Waals surface area contributed by atoms with E-state index < -0.39 is 0 Å². The Bertz CT molecular complexity index is 900. The van der Waals surface area contributed by atoms with Gasteiger partial charge in [0.25, 0.3) is 5.91 Å².